The van der Waals surface area contributed by atoms with E-state index in [1.807, 2.05) is 38.2 Å². The van der Waals surface area contributed by atoms with Gasteiger partial charge in [-0.3, -0.25) is 14.7 Å². The predicted octanol–water partition coefficient (Wildman–Crippen LogP) is 10.7. The summed E-state index contributed by atoms with van der Waals surface area (Å²) in [6.45, 7) is 14.7. The van der Waals surface area contributed by atoms with Crippen LogP contribution in [-0.4, -0.2) is 20.5 Å². The molecule has 0 fully saturated rings. The fourth-order valence-corrected chi connectivity index (χ4v) is 5.91. The van der Waals surface area contributed by atoms with Crippen LogP contribution in [0.3, 0.4) is 0 Å². The van der Waals surface area contributed by atoms with E-state index in [0.29, 0.717) is 0 Å². The van der Waals surface area contributed by atoms with E-state index in [4.69, 9.17) is 15.1 Å². The average Bonchev–Trinajstić information content (AvgIpc) is 3.52. The van der Waals surface area contributed by atoms with E-state index < -0.39 is 5.54 Å². The first-order chi connectivity index (χ1) is 21.9. The molecule has 0 aliphatic heterocycles. The predicted molar refractivity (Wildman–Crippen MR) is 192 cm³/mol. The molecule has 0 saturated heterocycles. The second-order valence-electron chi connectivity index (χ2n) is 11.0. The Balaban J connectivity index is 2.14. The zero-order valence-corrected chi connectivity index (χ0v) is 27.8. The molecular weight excluding hydrogens is 548 g/mol. The van der Waals surface area contributed by atoms with Gasteiger partial charge in [0.2, 0.25) is 0 Å². The monoisotopic (exact) mass is 594 g/mol. The highest BCUT2D eigenvalue weighted by Crippen LogP contribution is 2.43. The molecule has 0 spiro atoms. The summed E-state index contributed by atoms with van der Waals surface area (Å²) in [5.41, 5.74) is 9.39. The van der Waals surface area contributed by atoms with Gasteiger partial charge in [-0.05, 0) is 81.9 Å². The van der Waals surface area contributed by atoms with Crippen molar-refractivity contribution in [2.45, 2.75) is 66.8 Å². The lowest BCUT2D eigenvalue weighted by Crippen LogP contribution is -2.38. The highest BCUT2D eigenvalue weighted by atomic mass is 15.3. The normalized spacial score (nSPS) is 13.8. The van der Waals surface area contributed by atoms with Crippen molar-refractivity contribution >= 4 is 11.3 Å². The molecule has 4 heteroatoms. The van der Waals surface area contributed by atoms with Crippen LogP contribution in [-0.2, 0) is 5.54 Å². The molecule has 0 N–H and O–H groups in total. The van der Waals surface area contributed by atoms with Gasteiger partial charge in [0, 0.05) is 34.9 Å². The van der Waals surface area contributed by atoms with Gasteiger partial charge in [0.15, 0.2) is 0 Å². The summed E-state index contributed by atoms with van der Waals surface area (Å²) in [4.78, 5) is 9.93. The third kappa shape index (κ3) is 7.12. The smallest absolute Gasteiger partial charge is 0.137 e. The number of allylic oxidation sites excluding steroid dienone is 9. The maximum atomic E-state index is 5.45. The summed E-state index contributed by atoms with van der Waals surface area (Å²) in [6, 6.07) is 27.4. The minimum atomic E-state index is -0.750. The number of aromatic nitrogens is 3. The molecule has 0 aliphatic rings. The molecule has 0 atom stereocenters. The van der Waals surface area contributed by atoms with Crippen LogP contribution < -0.4 is 0 Å². The van der Waals surface area contributed by atoms with Gasteiger partial charge in [0.05, 0.1) is 5.69 Å². The van der Waals surface area contributed by atoms with E-state index in [-0.39, 0.29) is 0 Å². The maximum absolute atomic E-state index is 5.45. The number of hydrogen-bond acceptors (Lipinski definition) is 3. The van der Waals surface area contributed by atoms with E-state index in [0.717, 1.165) is 63.5 Å². The van der Waals surface area contributed by atoms with Crippen molar-refractivity contribution in [2.24, 2.45) is 4.99 Å². The number of rotatable bonds is 12. The van der Waals surface area contributed by atoms with Crippen molar-refractivity contribution in [3.63, 3.8) is 0 Å². The highest BCUT2D eigenvalue weighted by Gasteiger charge is 2.40. The number of aliphatic imine (C=N–C) groups is 1. The van der Waals surface area contributed by atoms with Crippen molar-refractivity contribution in [3.05, 3.63) is 161 Å². The van der Waals surface area contributed by atoms with E-state index in [1.165, 1.54) is 5.57 Å². The van der Waals surface area contributed by atoms with Crippen LogP contribution in [0.15, 0.2) is 144 Å². The molecule has 4 nitrogen and oxygen atoms in total. The lowest BCUT2D eigenvalue weighted by atomic mass is 9.76. The Bertz CT molecular complexity index is 1710. The minimum Gasteiger partial charge on any atom is -0.261 e. The molecule has 230 valence electrons. The van der Waals surface area contributed by atoms with Gasteiger partial charge >= 0.3 is 0 Å². The van der Waals surface area contributed by atoms with E-state index in [9.17, 15) is 0 Å². The Hall–Kier alpha value is -4.83. The number of pyridine rings is 1. The van der Waals surface area contributed by atoms with Gasteiger partial charge in [-0.15, -0.1) is 0 Å². The van der Waals surface area contributed by atoms with Crippen LogP contribution in [0.5, 0.6) is 0 Å². The van der Waals surface area contributed by atoms with Gasteiger partial charge in [0.1, 0.15) is 11.2 Å². The molecule has 4 rings (SSSR count). The molecule has 2 heterocycles. The van der Waals surface area contributed by atoms with Crippen molar-refractivity contribution in [2.75, 3.05) is 0 Å². The summed E-state index contributed by atoms with van der Waals surface area (Å²) in [6.07, 6.45) is 19.0. The van der Waals surface area contributed by atoms with Crippen LogP contribution in [0, 0.1) is 6.92 Å². The summed E-state index contributed by atoms with van der Waals surface area (Å²) < 4.78 is 2.13. The summed E-state index contributed by atoms with van der Waals surface area (Å²) >= 11 is 0. The third-order valence-electron chi connectivity index (χ3n) is 8.00. The first kappa shape index (κ1) is 33.1. The minimum absolute atomic E-state index is 0.750. The van der Waals surface area contributed by atoms with E-state index in [1.54, 1.807) is 0 Å². The quantitative estimate of drug-likeness (QED) is 0.121. The molecule has 4 aromatic rings. The summed E-state index contributed by atoms with van der Waals surface area (Å²) in [5, 5.41) is 5.45. The number of benzene rings is 2. The topological polar surface area (TPSA) is 43.1 Å². The van der Waals surface area contributed by atoms with Crippen LogP contribution >= 0.6 is 0 Å². The lowest BCUT2D eigenvalue weighted by molar-refractivity contribution is 0.459. The molecule has 0 bridgehead atoms. The molecule has 0 aliphatic carbocycles. The van der Waals surface area contributed by atoms with Gasteiger partial charge in [0.25, 0.3) is 0 Å². The Morgan fingerprint density at radius 2 is 1.49 bits per heavy atom. The zero-order valence-electron chi connectivity index (χ0n) is 27.8. The number of nitrogens with zero attached hydrogens (tertiary/aromatic N) is 4. The Kier molecular flexibility index (Phi) is 11.6. The number of aryl methyl sites for hydroxylation is 1. The molecule has 45 heavy (non-hydrogen) atoms. The Morgan fingerprint density at radius 3 is 2.02 bits per heavy atom. The molecule has 0 saturated carbocycles. The zero-order chi connectivity index (χ0) is 32.2. The van der Waals surface area contributed by atoms with Crippen LogP contribution in [0.4, 0.5) is 0 Å². The molecule has 0 unspecified atom stereocenters. The van der Waals surface area contributed by atoms with Crippen molar-refractivity contribution in [1.82, 2.24) is 14.8 Å². The number of hydrogen-bond donors (Lipinski definition) is 0. The lowest BCUT2D eigenvalue weighted by Gasteiger charge is -2.37. The molecular formula is C41H46N4. The van der Waals surface area contributed by atoms with Crippen LogP contribution in [0.2, 0.25) is 0 Å². The fourth-order valence-electron chi connectivity index (χ4n) is 5.91. The van der Waals surface area contributed by atoms with Crippen molar-refractivity contribution < 1.29 is 0 Å². The standard InChI is InChI=1S/C41H46N4/c1-8-20-33(11-4)32(7)42-29-34(21-9-2)38-30-45(44-40(38)39-28-19-23-31(6)43-39)41(35(12-5)22-10-3,36-24-15-13-16-25-36)37-26-17-14-18-27-37/h9-10,12-30H,8,11H2,1-7H3/b21-9-,22-10-,33-20+,34-29-,35-12+,42-32+. The van der Waals surface area contributed by atoms with E-state index in [2.05, 4.69) is 143 Å². The van der Waals surface area contributed by atoms with Gasteiger partial charge in [-0.25, -0.2) is 0 Å². The van der Waals surface area contributed by atoms with Gasteiger partial charge in [-0.1, -0.05) is 117 Å². The van der Waals surface area contributed by atoms with Gasteiger partial charge in [-0.2, -0.15) is 5.10 Å². The Labute approximate surface area is 270 Å². The van der Waals surface area contributed by atoms with Gasteiger partial charge < -0.3 is 0 Å². The molecule has 2 aromatic heterocycles. The highest BCUT2D eigenvalue weighted by molar-refractivity contribution is 5.99. The molecule has 0 radical (unpaired) electrons. The average molecular weight is 595 g/mol. The third-order valence-corrected chi connectivity index (χ3v) is 8.00. The van der Waals surface area contributed by atoms with Crippen LogP contribution in [0.1, 0.15) is 76.8 Å². The molecule has 2 aromatic carbocycles. The van der Waals surface area contributed by atoms with Crippen LogP contribution in [0.25, 0.3) is 17.0 Å². The first-order valence-electron chi connectivity index (χ1n) is 16.0. The summed E-state index contributed by atoms with van der Waals surface area (Å²) in [5.74, 6) is 0. The van der Waals surface area contributed by atoms with Crippen molar-refractivity contribution in [3.8, 4) is 11.4 Å². The first-order valence-corrected chi connectivity index (χ1v) is 16.0. The SMILES string of the molecule is C\C=C/C(=C/N=C(C)/C(=C/CC)CC)c1cn(C(C(/C=C\C)=C/C)(c2ccccc2)c2ccccc2)nc1-c1cccc(C)n1. The van der Waals surface area contributed by atoms with Crippen molar-refractivity contribution in [1.29, 1.82) is 0 Å². The second-order valence-corrected chi connectivity index (χ2v) is 11.0. The Morgan fingerprint density at radius 1 is 0.844 bits per heavy atom. The van der Waals surface area contributed by atoms with E-state index >= 15 is 0 Å². The molecule has 0 amide bonds. The summed E-state index contributed by atoms with van der Waals surface area (Å²) in [7, 11) is 0. The maximum Gasteiger partial charge on any atom is 0.137 e. The second kappa shape index (κ2) is 15.8. The fraction of sp³-hybridized carbons (Fsp3) is 0.244. The largest absolute Gasteiger partial charge is 0.261 e.